The van der Waals surface area contributed by atoms with Gasteiger partial charge < -0.3 is 20.4 Å². The summed E-state index contributed by atoms with van der Waals surface area (Å²) < 4.78 is 0. The number of benzene rings is 1. The zero-order valence-electron chi connectivity index (χ0n) is 19.7. The third-order valence-corrected chi connectivity index (χ3v) is 7.52. The molecule has 0 spiro atoms. The quantitative estimate of drug-likeness (QED) is 0.562. The molecule has 2 N–H and O–H groups in total. The lowest BCUT2D eigenvalue weighted by Crippen LogP contribution is -2.40. The van der Waals surface area contributed by atoms with Crippen molar-refractivity contribution in [2.24, 2.45) is 5.92 Å². The minimum absolute atomic E-state index is 0.00606. The molecule has 1 aromatic heterocycles. The van der Waals surface area contributed by atoms with Crippen molar-refractivity contribution in [2.45, 2.75) is 45.4 Å². The Balaban J connectivity index is 1.29. The largest absolute Gasteiger partial charge is 0.356 e. The van der Waals surface area contributed by atoms with E-state index in [-0.39, 0.29) is 23.6 Å². The van der Waals surface area contributed by atoms with Crippen molar-refractivity contribution in [1.29, 1.82) is 0 Å². The summed E-state index contributed by atoms with van der Waals surface area (Å²) >= 11 is 1.34. The lowest BCUT2D eigenvalue weighted by Gasteiger charge is -2.31. The summed E-state index contributed by atoms with van der Waals surface area (Å²) in [6, 6.07) is 10.3. The van der Waals surface area contributed by atoms with Gasteiger partial charge in [-0.2, -0.15) is 0 Å². The van der Waals surface area contributed by atoms with Gasteiger partial charge in [0.05, 0.1) is 0 Å². The molecule has 34 heavy (non-hydrogen) atoms. The van der Waals surface area contributed by atoms with Crippen molar-refractivity contribution in [3.05, 3.63) is 40.8 Å². The topological polar surface area (TPSA) is 94.6 Å². The number of rotatable bonds is 8. The maximum absolute atomic E-state index is 13.0. The van der Waals surface area contributed by atoms with Crippen LogP contribution in [-0.4, -0.2) is 60.3 Å². The average Bonchev–Trinajstić information content (AvgIpc) is 3.52. The molecule has 8 nitrogen and oxygen atoms in total. The molecule has 9 heteroatoms. The van der Waals surface area contributed by atoms with Gasteiger partial charge in [0.1, 0.15) is 4.88 Å². The third-order valence-electron chi connectivity index (χ3n) is 6.42. The molecule has 182 valence electrons. The van der Waals surface area contributed by atoms with Crippen LogP contribution in [0.15, 0.2) is 30.3 Å². The van der Waals surface area contributed by atoms with Crippen LogP contribution in [0.1, 0.15) is 54.3 Å². The van der Waals surface area contributed by atoms with Gasteiger partial charge in [-0.3, -0.25) is 14.4 Å². The van der Waals surface area contributed by atoms with Gasteiger partial charge in [-0.25, -0.2) is 4.98 Å². The van der Waals surface area contributed by atoms with E-state index in [0.29, 0.717) is 30.3 Å². The van der Waals surface area contributed by atoms with E-state index in [1.807, 2.05) is 23.1 Å². The zero-order valence-corrected chi connectivity index (χ0v) is 20.5. The molecule has 2 aliphatic rings. The van der Waals surface area contributed by atoms with Gasteiger partial charge in [0.25, 0.3) is 5.91 Å². The van der Waals surface area contributed by atoms with Crippen molar-refractivity contribution in [3.8, 4) is 0 Å². The number of hydrogen-bond acceptors (Lipinski definition) is 6. The first kappa shape index (κ1) is 24.2. The number of amides is 3. The van der Waals surface area contributed by atoms with Crippen LogP contribution in [0.2, 0.25) is 0 Å². The molecule has 1 aromatic carbocycles. The predicted molar refractivity (Wildman–Crippen MR) is 134 cm³/mol. The standard InChI is InChI=1S/C25H33N5O3S/c1-18(31)27-22-21(24(33)29-14-5-6-15-29)34-25(28-22)30-16-11-20(12-17-30)23(32)26-13-7-10-19-8-3-2-4-9-19/h2-4,8-9,20H,5-7,10-17H2,1H3,(H,26,32)(H,27,31). The molecule has 3 heterocycles. The Kier molecular flexibility index (Phi) is 8.16. The van der Waals surface area contributed by atoms with Gasteiger partial charge in [0.2, 0.25) is 11.8 Å². The maximum Gasteiger partial charge on any atom is 0.267 e. The van der Waals surface area contributed by atoms with E-state index in [0.717, 1.165) is 56.7 Å². The van der Waals surface area contributed by atoms with E-state index in [2.05, 4.69) is 32.7 Å². The summed E-state index contributed by atoms with van der Waals surface area (Å²) in [5.74, 6) is 0.163. The van der Waals surface area contributed by atoms with Gasteiger partial charge in [-0.05, 0) is 44.1 Å². The molecule has 2 fully saturated rings. The molecule has 4 rings (SSSR count). The van der Waals surface area contributed by atoms with E-state index in [4.69, 9.17) is 0 Å². The molecule has 0 saturated carbocycles. The van der Waals surface area contributed by atoms with Gasteiger partial charge >= 0.3 is 0 Å². The second kappa shape index (κ2) is 11.5. The monoisotopic (exact) mass is 483 g/mol. The third kappa shape index (κ3) is 6.14. The molecule has 0 bridgehead atoms. The minimum atomic E-state index is -0.241. The Labute approximate surface area is 204 Å². The number of nitrogens with zero attached hydrogens (tertiary/aromatic N) is 3. The molecular formula is C25H33N5O3S. The molecule has 0 aliphatic carbocycles. The first-order valence-electron chi connectivity index (χ1n) is 12.2. The smallest absolute Gasteiger partial charge is 0.267 e. The van der Waals surface area contributed by atoms with Gasteiger partial charge in [-0.15, -0.1) is 0 Å². The lowest BCUT2D eigenvalue weighted by molar-refractivity contribution is -0.125. The number of thiazole rings is 1. The van der Waals surface area contributed by atoms with E-state index >= 15 is 0 Å². The highest BCUT2D eigenvalue weighted by Crippen LogP contribution is 2.34. The predicted octanol–water partition coefficient (Wildman–Crippen LogP) is 3.30. The van der Waals surface area contributed by atoms with Crippen LogP contribution in [0.25, 0.3) is 0 Å². The second-order valence-corrected chi connectivity index (χ2v) is 9.97. The Morgan fingerprint density at radius 2 is 1.76 bits per heavy atom. The Bertz CT molecular complexity index is 995. The first-order valence-corrected chi connectivity index (χ1v) is 13.0. The second-order valence-electron chi connectivity index (χ2n) is 9.00. The van der Waals surface area contributed by atoms with Crippen LogP contribution in [0, 0.1) is 5.92 Å². The van der Waals surface area contributed by atoms with Gasteiger partial charge in [0.15, 0.2) is 10.9 Å². The zero-order chi connectivity index (χ0) is 23.9. The van der Waals surface area contributed by atoms with Crippen molar-refractivity contribution >= 4 is 40.0 Å². The van der Waals surface area contributed by atoms with Crippen molar-refractivity contribution in [3.63, 3.8) is 0 Å². The van der Waals surface area contributed by atoms with E-state index < -0.39 is 0 Å². The molecule has 3 amide bonds. The SMILES string of the molecule is CC(=O)Nc1nc(N2CCC(C(=O)NCCCc3ccccc3)CC2)sc1C(=O)N1CCCC1. The number of carbonyl (C=O) groups is 3. The molecule has 0 atom stereocenters. The van der Waals surface area contributed by atoms with Crippen LogP contribution in [0.3, 0.4) is 0 Å². The van der Waals surface area contributed by atoms with E-state index in [1.165, 1.54) is 23.8 Å². The number of aryl methyl sites for hydroxylation is 1. The fraction of sp³-hybridized carbons (Fsp3) is 0.520. The fourth-order valence-electron chi connectivity index (χ4n) is 4.53. The highest BCUT2D eigenvalue weighted by molar-refractivity contribution is 7.18. The van der Waals surface area contributed by atoms with Crippen molar-refractivity contribution in [1.82, 2.24) is 15.2 Å². The van der Waals surface area contributed by atoms with E-state index in [9.17, 15) is 14.4 Å². The molecule has 0 radical (unpaired) electrons. The molecule has 0 unspecified atom stereocenters. The minimum Gasteiger partial charge on any atom is -0.356 e. The maximum atomic E-state index is 13.0. The van der Waals surface area contributed by atoms with Crippen molar-refractivity contribution in [2.75, 3.05) is 42.9 Å². The highest BCUT2D eigenvalue weighted by Gasteiger charge is 2.30. The lowest BCUT2D eigenvalue weighted by atomic mass is 9.96. The van der Waals surface area contributed by atoms with Crippen LogP contribution < -0.4 is 15.5 Å². The van der Waals surface area contributed by atoms with Crippen LogP contribution in [0.5, 0.6) is 0 Å². The van der Waals surface area contributed by atoms with Gasteiger partial charge in [-0.1, -0.05) is 41.7 Å². The Morgan fingerprint density at radius 1 is 1.06 bits per heavy atom. The normalized spacial score (nSPS) is 16.5. The fourth-order valence-corrected chi connectivity index (χ4v) is 5.57. The van der Waals surface area contributed by atoms with Crippen LogP contribution in [0.4, 0.5) is 10.9 Å². The number of likely N-dealkylation sites (tertiary alicyclic amines) is 1. The van der Waals surface area contributed by atoms with Crippen molar-refractivity contribution < 1.29 is 14.4 Å². The number of aromatic nitrogens is 1. The summed E-state index contributed by atoms with van der Waals surface area (Å²) in [6.45, 7) is 5.00. The summed E-state index contributed by atoms with van der Waals surface area (Å²) in [6.07, 6.45) is 5.39. The first-order chi connectivity index (χ1) is 16.5. The molecular weight excluding hydrogens is 450 g/mol. The highest BCUT2D eigenvalue weighted by atomic mass is 32.1. The number of nitrogens with one attached hydrogen (secondary N) is 2. The summed E-state index contributed by atoms with van der Waals surface area (Å²) in [4.78, 5) is 46.3. The molecule has 2 aromatic rings. The Morgan fingerprint density at radius 3 is 2.44 bits per heavy atom. The molecule has 2 aliphatic heterocycles. The number of piperidine rings is 1. The number of anilines is 2. The van der Waals surface area contributed by atoms with Gasteiger partial charge in [0, 0.05) is 45.6 Å². The van der Waals surface area contributed by atoms with Crippen LogP contribution in [-0.2, 0) is 16.0 Å². The summed E-state index contributed by atoms with van der Waals surface area (Å²) in [7, 11) is 0. The molecule has 2 saturated heterocycles. The van der Waals surface area contributed by atoms with Crippen LogP contribution >= 0.6 is 11.3 Å². The number of hydrogen-bond donors (Lipinski definition) is 2. The average molecular weight is 484 g/mol. The Hall–Kier alpha value is -2.94. The summed E-state index contributed by atoms with van der Waals surface area (Å²) in [5.41, 5.74) is 1.29. The van der Waals surface area contributed by atoms with E-state index in [1.54, 1.807) is 0 Å². The summed E-state index contributed by atoms with van der Waals surface area (Å²) in [5, 5.41) is 6.55. The number of carbonyl (C=O) groups excluding carboxylic acids is 3.